The number of aromatic nitrogens is 1. The summed E-state index contributed by atoms with van der Waals surface area (Å²) in [6.07, 6.45) is 0. The Morgan fingerprint density at radius 3 is 2.26 bits per heavy atom. The van der Waals surface area contributed by atoms with E-state index in [0.29, 0.717) is 11.3 Å². The molecule has 0 aliphatic heterocycles. The van der Waals surface area contributed by atoms with E-state index in [0.717, 1.165) is 22.7 Å². The number of nitrogen functional groups attached to an aromatic ring is 1. The molecule has 0 aliphatic carbocycles. The number of ether oxygens (including phenoxy) is 1. The minimum absolute atomic E-state index is 0.00892. The normalized spacial score (nSPS) is 10.5. The van der Waals surface area contributed by atoms with Crippen LogP contribution in [0.25, 0.3) is 11.3 Å². The number of hydrogen-bond donors (Lipinski definition) is 1. The van der Waals surface area contributed by atoms with Crippen molar-refractivity contribution >= 4 is 11.5 Å². The van der Waals surface area contributed by atoms with Gasteiger partial charge in [0.1, 0.15) is 5.75 Å². The van der Waals surface area contributed by atoms with Gasteiger partial charge in [-0.3, -0.25) is 4.79 Å². The van der Waals surface area contributed by atoms with Crippen LogP contribution in [-0.4, -0.2) is 17.5 Å². The molecule has 0 unspecified atom stereocenters. The Morgan fingerprint density at radius 2 is 1.84 bits per heavy atom. The van der Waals surface area contributed by atoms with Crippen molar-refractivity contribution in [3.63, 3.8) is 0 Å². The number of carbonyl (C=O) groups excluding carboxylic acids is 1. The Labute approximate surface area is 112 Å². The summed E-state index contributed by atoms with van der Waals surface area (Å²) in [5, 5.41) is 0. The van der Waals surface area contributed by atoms with E-state index >= 15 is 0 Å². The van der Waals surface area contributed by atoms with Crippen molar-refractivity contribution in [1.82, 2.24) is 4.57 Å². The summed E-state index contributed by atoms with van der Waals surface area (Å²) in [6.45, 7) is 3.44. The number of Topliss-reactive ketones (excluding diaryl/α,β-unsaturated/α-hetero) is 1. The zero-order valence-corrected chi connectivity index (χ0v) is 11.7. The number of ketones is 1. The lowest BCUT2D eigenvalue weighted by Gasteiger charge is -2.07. The molecule has 100 valence electrons. The van der Waals surface area contributed by atoms with Gasteiger partial charge in [-0.05, 0) is 38.1 Å². The molecule has 2 aromatic rings. The molecule has 0 aliphatic rings. The second kappa shape index (κ2) is 4.80. The second-order valence-electron chi connectivity index (χ2n) is 4.57. The number of anilines is 1. The van der Waals surface area contributed by atoms with Crippen molar-refractivity contribution < 1.29 is 9.53 Å². The topological polar surface area (TPSA) is 57.2 Å². The van der Waals surface area contributed by atoms with E-state index in [4.69, 9.17) is 10.5 Å². The summed E-state index contributed by atoms with van der Waals surface area (Å²) in [5.41, 5.74) is 10.00. The van der Waals surface area contributed by atoms with Crippen molar-refractivity contribution in [3.05, 3.63) is 35.5 Å². The fourth-order valence-electron chi connectivity index (χ4n) is 2.37. The number of hydrogen-bond acceptors (Lipinski definition) is 3. The van der Waals surface area contributed by atoms with E-state index < -0.39 is 0 Å². The number of benzene rings is 1. The molecule has 4 heteroatoms. The average Bonchev–Trinajstić information content (AvgIpc) is 2.60. The van der Waals surface area contributed by atoms with Crippen LogP contribution in [0.3, 0.4) is 0 Å². The van der Waals surface area contributed by atoms with Gasteiger partial charge in [-0.2, -0.15) is 0 Å². The Kier molecular flexibility index (Phi) is 3.34. The molecule has 2 rings (SSSR count). The van der Waals surface area contributed by atoms with E-state index in [-0.39, 0.29) is 5.78 Å². The largest absolute Gasteiger partial charge is 0.497 e. The SMILES string of the molecule is COc1ccc(-c2c(N)c(C(C)=O)c(C)n2C)cc1. The van der Waals surface area contributed by atoms with E-state index in [1.54, 1.807) is 7.11 Å². The highest BCUT2D eigenvalue weighted by Gasteiger charge is 2.20. The molecular weight excluding hydrogens is 240 g/mol. The van der Waals surface area contributed by atoms with Crippen molar-refractivity contribution in [3.8, 4) is 17.0 Å². The van der Waals surface area contributed by atoms with Crippen molar-refractivity contribution in [1.29, 1.82) is 0 Å². The van der Waals surface area contributed by atoms with Crippen molar-refractivity contribution in [2.75, 3.05) is 12.8 Å². The number of nitrogens with zero attached hydrogens (tertiary/aromatic N) is 1. The van der Waals surface area contributed by atoms with Crippen LogP contribution in [0.5, 0.6) is 5.75 Å². The van der Waals surface area contributed by atoms with Crippen LogP contribution >= 0.6 is 0 Å². The molecule has 0 radical (unpaired) electrons. The van der Waals surface area contributed by atoms with Gasteiger partial charge in [0.25, 0.3) is 0 Å². The lowest BCUT2D eigenvalue weighted by molar-refractivity contribution is 0.101. The molecule has 0 atom stereocenters. The van der Waals surface area contributed by atoms with Gasteiger partial charge in [-0.25, -0.2) is 0 Å². The lowest BCUT2D eigenvalue weighted by atomic mass is 10.1. The van der Waals surface area contributed by atoms with Gasteiger partial charge in [-0.15, -0.1) is 0 Å². The van der Waals surface area contributed by atoms with Gasteiger partial charge >= 0.3 is 0 Å². The monoisotopic (exact) mass is 258 g/mol. The molecule has 0 amide bonds. The zero-order valence-electron chi connectivity index (χ0n) is 11.7. The van der Waals surface area contributed by atoms with E-state index in [1.807, 2.05) is 42.8 Å². The van der Waals surface area contributed by atoms with Gasteiger partial charge in [0, 0.05) is 18.3 Å². The Morgan fingerprint density at radius 1 is 1.26 bits per heavy atom. The number of methoxy groups -OCH3 is 1. The third kappa shape index (κ3) is 2.10. The predicted molar refractivity (Wildman–Crippen MR) is 76.6 cm³/mol. The molecule has 0 saturated carbocycles. The average molecular weight is 258 g/mol. The maximum Gasteiger partial charge on any atom is 0.163 e. The maximum atomic E-state index is 11.7. The third-order valence-corrected chi connectivity index (χ3v) is 3.44. The minimum atomic E-state index is -0.00892. The van der Waals surface area contributed by atoms with Gasteiger partial charge in [-0.1, -0.05) is 0 Å². The van der Waals surface area contributed by atoms with Gasteiger partial charge < -0.3 is 15.0 Å². The molecule has 0 spiro atoms. The van der Waals surface area contributed by atoms with Crippen LogP contribution in [0.1, 0.15) is 23.0 Å². The highest BCUT2D eigenvalue weighted by Crippen LogP contribution is 2.34. The zero-order chi connectivity index (χ0) is 14.2. The van der Waals surface area contributed by atoms with Crippen LogP contribution in [-0.2, 0) is 7.05 Å². The van der Waals surface area contributed by atoms with Crippen LogP contribution < -0.4 is 10.5 Å². The van der Waals surface area contributed by atoms with E-state index in [1.165, 1.54) is 6.92 Å². The molecule has 1 aromatic heterocycles. The lowest BCUT2D eigenvalue weighted by Crippen LogP contribution is -1.98. The number of carbonyl (C=O) groups is 1. The Hall–Kier alpha value is -2.23. The number of nitrogens with two attached hydrogens (primary N) is 1. The highest BCUT2D eigenvalue weighted by molar-refractivity contribution is 6.04. The van der Waals surface area contributed by atoms with Crippen molar-refractivity contribution in [2.45, 2.75) is 13.8 Å². The summed E-state index contributed by atoms with van der Waals surface area (Å²) in [4.78, 5) is 11.7. The van der Waals surface area contributed by atoms with Gasteiger partial charge in [0.15, 0.2) is 5.78 Å². The first-order valence-electron chi connectivity index (χ1n) is 6.07. The summed E-state index contributed by atoms with van der Waals surface area (Å²) in [6, 6.07) is 7.64. The maximum absolute atomic E-state index is 11.7. The first-order chi connectivity index (χ1) is 8.97. The summed E-state index contributed by atoms with van der Waals surface area (Å²) >= 11 is 0. The predicted octanol–water partition coefficient (Wildman–Crippen LogP) is 2.79. The smallest absolute Gasteiger partial charge is 0.163 e. The van der Waals surface area contributed by atoms with Crippen LogP contribution in [0, 0.1) is 6.92 Å². The first-order valence-corrected chi connectivity index (χ1v) is 6.07. The van der Waals surface area contributed by atoms with Crippen molar-refractivity contribution in [2.24, 2.45) is 7.05 Å². The van der Waals surface area contributed by atoms with E-state index in [2.05, 4.69) is 0 Å². The van der Waals surface area contributed by atoms with E-state index in [9.17, 15) is 4.79 Å². The van der Waals surface area contributed by atoms with Gasteiger partial charge in [0.05, 0.1) is 24.1 Å². The summed E-state index contributed by atoms with van der Waals surface area (Å²) in [5.74, 6) is 0.783. The first kappa shape index (κ1) is 13.2. The molecule has 0 saturated heterocycles. The van der Waals surface area contributed by atoms with Gasteiger partial charge in [0.2, 0.25) is 0 Å². The quantitative estimate of drug-likeness (QED) is 0.861. The molecule has 1 aromatic carbocycles. The molecule has 19 heavy (non-hydrogen) atoms. The summed E-state index contributed by atoms with van der Waals surface area (Å²) < 4.78 is 7.09. The Bertz CT molecular complexity index is 625. The molecule has 2 N–H and O–H groups in total. The molecule has 1 heterocycles. The van der Waals surface area contributed by atoms with Crippen LogP contribution in [0.15, 0.2) is 24.3 Å². The highest BCUT2D eigenvalue weighted by atomic mass is 16.5. The standard InChI is InChI=1S/C15H18N2O2/c1-9-13(10(2)18)14(16)15(17(9)3)11-5-7-12(19-4)8-6-11/h5-8H,16H2,1-4H3. The molecule has 4 nitrogen and oxygen atoms in total. The minimum Gasteiger partial charge on any atom is -0.497 e. The van der Waals surface area contributed by atoms with Crippen LogP contribution in [0.4, 0.5) is 5.69 Å². The van der Waals surface area contributed by atoms with Crippen LogP contribution in [0.2, 0.25) is 0 Å². The molecule has 0 fully saturated rings. The molecule has 0 bridgehead atoms. The Balaban J connectivity index is 2.62. The third-order valence-electron chi connectivity index (χ3n) is 3.44. The summed E-state index contributed by atoms with van der Waals surface area (Å²) in [7, 11) is 3.54. The number of rotatable bonds is 3. The second-order valence-corrected chi connectivity index (χ2v) is 4.57. The fraction of sp³-hybridized carbons (Fsp3) is 0.267. The fourth-order valence-corrected chi connectivity index (χ4v) is 2.37. The molecular formula is C15H18N2O2.